The van der Waals surface area contributed by atoms with Crippen LogP contribution in [-0.2, 0) is 11.3 Å². The maximum Gasteiger partial charge on any atom is 0.274 e. The topological polar surface area (TPSA) is 64.4 Å². The highest BCUT2D eigenvalue weighted by molar-refractivity contribution is 5.92. The van der Waals surface area contributed by atoms with Crippen molar-refractivity contribution in [3.8, 4) is 0 Å². The summed E-state index contributed by atoms with van der Waals surface area (Å²) >= 11 is 0. The molecule has 2 aromatic rings. The first-order valence-electron chi connectivity index (χ1n) is 8.33. The van der Waals surface area contributed by atoms with Gasteiger partial charge in [0.25, 0.3) is 11.5 Å². The van der Waals surface area contributed by atoms with Crippen molar-refractivity contribution in [2.45, 2.75) is 26.0 Å². The van der Waals surface area contributed by atoms with Crippen molar-refractivity contribution in [1.29, 1.82) is 0 Å². The van der Waals surface area contributed by atoms with E-state index in [-0.39, 0.29) is 29.1 Å². The van der Waals surface area contributed by atoms with E-state index in [1.54, 1.807) is 17.0 Å². The Bertz CT molecular complexity index is 804. The van der Waals surface area contributed by atoms with Crippen molar-refractivity contribution >= 4 is 5.91 Å². The van der Waals surface area contributed by atoms with E-state index >= 15 is 0 Å². The van der Waals surface area contributed by atoms with Crippen molar-refractivity contribution in [1.82, 2.24) is 14.7 Å². The molecule has 1 amide bonds. The van der Waals surface area contributed by atoms with Crippen LogP contribution in [0.25, 0.3) is 0 Å². The number of carbonyl (C=O) groups is 1. The lowest BCUT2D eigenvalue weighted by Crippen LogP contribution is -2.43. The molecule has 25 heavy (non-hydrogen) atoms. The smallest absolute Gasteiger partial charge is 0.274 e. The zero-order valence-electron chi connectivity index (χ0n) is 14.0. The first kappa shape index (κ1) is 17.3. The highest BCUT2D eigenvalue weighted by Crippen LogP contribution is 2.23. The van der Waals surface area contributed by atoms with Crippen LogP contribution in [0.15, 0.2) is 41.2 Å². The summed E-state index contributed by atoms with van der Waals surface area (Å²) in [5, 5.41) is 4.17. The Morgan fingerprint density at radius 3 is 2.76 bits per heavy atom. The molecule has 0 N–H and O–H groups in total. The molecule has 0 aliphatic carbocycles. The number of hydrogen-bond donors (Lipinski definition) is 0. The third-order valence-electron chi connectivity index (χ3n) is 4.12. The molecule has 0 saturated carbocycles. The molecule has 1 unspecified atom stereocenters. The van der Waals surface area contributed by atoms with Crippen molar-refractivity contribution < 1.29 is 13.9 Å². The Hall–Kier alpha value is -2.54. The van der Waals surface area contributed by atoms with Crippen LogP contribution in [0, 0.1) is 5.82 Å². The number of hydrogen-bond acceptors (Lipinski definition) is 4. The summed E-state index contributed by atoms with van der Waals surface area (Å²) in [6, 6.07) is 8.90. The predicted octanol–water partition coefficient (Wildman–Crippen LogP) is 2.01. The van der Waals surface area contributed by atoms with Gasteiger partial charge in [-0.2, -0.15) is 5.10 Å². The zero-order valence-corrected chi connectivity index (χ0v) is 14.0. The number of benzene rings is 1. The summed E-state index contributed by atoms with van der Waals surface area (Å²) < 4.78 is 20.1. The van der Waals surface area contributed by atoms with E-state index in [0.29, 0.717) is 26.2 Å². The minimum atomic E-state index is -0.310. The van der Waals surface area contributed by atoms with E-state index in [0.717, 1.165) is 12.0 Å². The largest absolute Gasteiger partial charge is 0.370 e. The van der Waals surface area contributed by atoms with Gasteiger partial charge in [-0.05, 0) is 30.2 Å². The molecule has 1 aliphatic heterocycles. The summed E-state index contributed by atoms with van der Waals surface area (Å²) in [5.74, 6) is -0.546. The van der Waals surface area contributed by atoms with Gasteiger partial charge in [0.15, 0.2) is 0 Å². The minimum Gasteiger partial charge on any atom is -0.370 e. The minimum absolute atomic E-state index is 0.218. The van der Waals surface area contributed by atoms with Gasteiger partial charge in [0.1, 0.15) is 17.6 Å². The number of halogens is 1. The van der Waals surface area contributed by atoms with Crippen molar-refractivity contribution in [3.05, 3.63) is 63.8 Å². The lowest BCUT2D eigenvalue weighted by Gasteiger charge is -2.33. The number of nitrogens with zero attached hydrogens (tertiary/aromatic N) is 3. The fourth-order valence-corrected chi connectivity index (χ4v) is 2.81. The van der Waals surface area contributed by atoms with E-state index in [9.17, 15) is 14.0 Å². The number of amides is 1. The average molecular weight is 345 g/mol. The lowest BCUT2D eigenvalue weighted by atomic mass is 10.1. The van der Waals surface area contributed by atoms with Crippen LogP contribution in [0.3, 0.4) is 0 Å². The zero-order chi connectivity index (χ0) is 17.8. The molecule has 3 rings (SSSR count). The Kier molecular flexibility index (Phi) is 5.23. The summed E-state index contributed by atoms with van der Waals surface area (Å²) in [7, 11) is 0. The van der Waals surface area contributed by atoms with Crippen LogP contribution < -0.4 is 5.56 Å². The third-order valence-corrected chi connectivity index (χ3v) is 4.12. The molecule has 0 spiro atoms. The number of carbonyl (C=O) groups excluding carboxylic acids is 1. The highest BCUT2D eigenvalue weighted by Gasteiger charge is 2.27. The SMILES string of the molecule is CCCn1nc(C(=O)N2CCOC(c3ccc(F)cc3)C2)ccc1=O. The fourth-order valence-electron chi connectivity index (χ4n) is 2.81. The summed E-state index contributed by atoms with van der Waals surface area (Å²) in [5.41, 5.74) is 0.847. The first-order valence-corrected chi connectivity index (χ1v) is 8.33. The molecule has 1 aromatic carbocycles. The van der Waals surface area contributed by atoms with Crippen LogP contribution in [-0.4, -0.2) is 40.3 Å². The van der Waals surface area contributed by atoms with Gasteiger partial charge >= 0.3 is 0 Å². The lowest BCUT2D eigenvalue weighted by molar-refractivity contribution is -0.0231. The normalized spacial score (nSPS) is 17.5. The van der Waals surface area contributed by atoms with Crippen LogP contribution in [0.2, 0.25) is 0 Å². The van der Waals surface area contributed by atoms with E-state index < -0.39 is 0 Å². The van der Waals surface area contributed by atoms with Crippen molar-refractivity contribution in [2.24, 2.45) is 0 Å². The highest BCUT2D eigenvalue weighted by atomic mass is 19.1. The van der Waals surface area contributed by atoms with E-state index in [1.807, 2.05) is 6.92 Å². The third kappa shape index (κ3) is 3.93. The number of morpholine rings is 1. The van der Waals surface area contributed by atoms with Gasteiger partial charge in [-0.1, -0.05) is 19.1 Å². The van der Waals surface area contributed by atoms with Gasteiger partial charge in [-0.3, -0.25) is 9.59 Å². The standard InChI is InChI=1S/C18H20FN3O3/c1-2-9-22-17(23)8-7-15(20-22)18(24)21-10-11-25-16(12-21)13-3-5-14(19)6-4-13/h3-8,16H,2,9-12H2,1H3. The molecular formula is C18H20FN3O3. The van der Waals surface area contributed by atoms with Crippen LogP contribution in [0.5, 0.6) is 0 Å². The monoisotopic (exact) mass is 345 g/mol. The second-order valence-electron chi connectivity index (χ2n) is 5.94. The van der Waals surface area contributed by atoms with Crippen molar-refractivity contribution in [3.63, 3.8) is 0 Å². The molecular weight excluding hydrogens is 325 g/mol. The molecule has 1 saturated heterocycles. The first-order chi connectivity index (χ1) is 12.1. The predicted molar refractivity (Wildman–Crippen MR) is 89.8 cm³/mol. The Balaban J connectivity index is 1.77. The summed E-state index contributed by atoms with van der Waals surface area (Å²) in [4.78, 5) is 26.1. The molecule has 1 atom stereocenters. The fraction of sp³-hybridized carbons (Fsp3) is 0.389. The van der Waals surface area contributed by atoms with Gasteiger partial charge in [0.05, 0.1) is 13.2 Å². The van der Waals surface area contributed by atoms with Gasteiger partial charge in [-0.25, -0.2) is 9.07 Å². The van der Waals surface area contributed by atoms with E-state index in [4.69, 9.17) is 4.74 Å². The Labute approximate surface area is 144 Å². The van der Waals surface area contributed by atoms with Crippen LogP contribution in [0.4, 0.5) is 4.39 Å². The summed E-state index contributed by atoms with van der Waals surface area (Å²) in [6.45, 7) is 3.62. The second-order valence-corrected chi connectivity index (χ2v) is 5.94. The Morgan fingerprint density at radius 2 is 2.04 bits per heavy atom. The molecule has 2 heterocycles. The van der Waals surface area contributed by atoms with Gasteiger partial charge in [-0.15, -0.1) is 0 Å². The molecule has 1 fully saturated rings. The van der Waals surface area contributed by atoms with Crippen molar-refractivity contribution in [2.75, 3.05) is 19.7 Å². The molecule has 1 aromatic heterocycles. The van der Waals surface area contributed by atoms with Gasteiger partial charge < -0.3 is 9.64 Å². The number of aromatic nitrogens is 2. The van der Waals surface area contributed by atoms with E-state index in [2.05, 4.69) is 5.10 Å². The summed E-state index contributed by atoms with van der Waals surface area (Å²) in [6.07, 6.45) is 0.453. The van der Waals surface area contributed by atoms with Gasteiger partial charge in [0.2, 0.25) is 0 Å². The quantitative estimate of drug-likeness (QED) is 0.850. The maximum absolute atomic E-state index is 13.1. The molecule has 0 radical (unpaired) electrons. The van der Waals surface area contributed by atoms with Crippen LogP contribution in [0.1, 0.15) is 35.5 Å². The van der Waals surface area contributed by atoms with Gasteiger partial charge in [0, 0.05) is 19.2 Å². The molecule has 6 nitrogen and oxygen atoms in total. The molecule has 1 aliphatic rings. The number of ether oxygens (including phenoxy) is 1. The molecule has 0 bridgehead atoms. The number of rotatable bonds is 4. The average Bonchev–Trinajstić information content (AvgIpc) is 2.64. The Morgan fingerprint density at radius 1 is 1.28 bits per heavy atom. The molecule has 132 valence electrons. The van der Waals surface area contributed by atoms with E-state index in [1.165, 1.54) is 28.9 Å². The number of aryl methyl sites for hydroxylation is 1. The second kappa shape index (κ2) is 7.57. The maximum atomic E-state index is 13.1. The van der Waals surface area contributed by atoms with Crippen LogP contribution >= 0.6 is 0 Å². The molecule has 7 heteroatoms.